The summed E-state index contributed by atoms with van der Waals surface area (Å²) in [4.78, 5) is 0. The average molecular weight is 322 g/mol. The van der Waals surface area contributed by atoms with Gasteiger partial charge in [-0.05, 0) is 19.0 Å². The van der Waals surface area contributed by atoms with Gasteiger partial charge < -0.3 is 4.43 Å². The van der Waals surface area contributed by atoms with Crippen LogP contribution < -0.4 is 0 Å². The first-order valence-corrected chi connectivity index (χ1v) is 9.39. The molecule has 8 heteroatoms. The fourth-order valence-corrected chi connectivity index (χ4v) is 6.08. The Labute approximate surface area is 115 Å². The van der Waals surface area contributed by atoms with E-state index in [0.29, 0.717) is 18.9 Å². The normalized spacial score (nSPS) is 32.4. The number of rotatable bonds is 6. The van der Waals surface area contributed by atoms with Crippen molar-refractivity contribution in [2.75, 3.05) is 0 Å². The predicted molar refractivity (Wildman–Crippen MR) is 66.4 cm³/mol. The largest absolute Gasteiger partial charge is 0.414 e. The van der Waals surface area contributed by atoms with Gasteiger partial charge in [0, 0.05) is 18.1 Å². The Hall–Kier alpha value is -0.243. The Balaban J connectivity index is 2.66. The minimum atomic E-state index is -3.09. The van der Waals surface area contributed by atoms with E-state index in [1.807, 2.05) is 0 Å². The molecule has 0 saturated carbocycles. The van der Waals surface area contributed by atoms with Crippen LogP contribution in [0.4, 0.5) is 26.3 Å². The molecule has 0 N–H and O–H groups in total. The lowest BCUT2D eigenvalue weighted by Gasteiger charge is -2.42. The second-order valence-corrected chi connectivity index (χ2v) is 9.87. The predicted octanol–water partition coefficient (Wildman–Crippen LogP) is 4.73. The summed E-state index contributed by atoms with van der Waals surface area (Å²) in [6, 6.07) is 0.490. The van der Waals surface area contributed by atoms with Crippen molar-refractivity contribution in [3.63, 3.8) is 0 Å². The maximum absolute atomic E-state index is 13.5. The van der Waals surface area contributed by atoms with Crippen molar-refractivity contribution in [1.82, 2.24) is 0 Å². The van der Waals surface area contributed by atoms with Gasteiger partial charge in [0.25, 0.3) is 12.9 Å². The van der Waals surface area contributed by atoms with E-state index in [1.54, 1.807) is 6.55 Å². The maximum atomic E-state index is 13.5. The molecule has 1 nitrogen and oxygen atoms in total. The zero-order valence-electron chi connectivity index (χ0n) is 11.5. The molecule has 120 valence electrons. The van der Waals surface area contributed by atoms with Gasteiger partial charge >= 0.3 is 0 Å². The maximum Gasteiger partial charge on any atom is 0.269 e. The molecule has 1 aliphatic rings. The van der Waals surface area contributed by atoms with Crippen molar-refractivity contribution in [3.8, 4) is 0 Å². The molecule has 0 amide bonds. The minimum Gasteiger partial charge on any atom is -0.414 e. The van der Waals surface area contributed by atoms with Crippen LogP contribution in [-0.2, 0) is 4.43 Å². The van der Waals surface area contributed by atoms with E-state index in [1.165, 1.54) is 6.92 Å². The van der Waals surface area contributed by atoms with Crippen molar-refractivity contribution < 1.29 is 30.8 Å². The molecule has 1 fully saturated rings. The molecule has 0 radical (unpaired) electrons. The monoisotopic (exact) mass is 322 g/mol. The quantitative estimate of drug-likeness (QED) is 0.507. The van der Waals surface area contributed by atoms with Crippen LogP contribution in [0.25, 0.3) is 0 Å². The van der Waals surface area contributed by atoms with Gasteiger partial charge in [0.15, 0.2) is 20.7 Å². The lowest BCUT2D eigenvalue weighted by molar-refractivity contribution is 0.00998. The summed E-state index contributed by atoms with van der Waals surface area (Å²) in [5.74, 6) is 0. The van der Waals surface area contributed by atoms with Gasteiger partial charge in [-0.15, -0.1) is 0 Å². The van der Waals surface area contributed by atoms with Crippen LogP contribution >= 0.6 is 0 Å². The van der Waals surface area contributed by atoms with Crippen LogP contribution in [-0.4, -0.2) is 39.6 Å². The fraction of sp³-hybridized carbons (Fsp3) is 1.00. The molecule has 0 aliphatic carbocycles. The third-order valence-electron chi connectivity index (χ3n) is 4.08. The molecule has 0 bridgehead atoms. The van der Waals surface area contributed by atoms with E-state index < -0.39 is 51.6 Å². The second kappa shape index (κ2) is 7.15. The smallest absolute Gasteiger partial charge is 0.269 e. The highest BCUT2D eigenvalue weighted by molar-refractivity contribution is 6.74. The molecule has 5 unspecified atom stereocenters. The summed E-state index contributed by atoms with van der Waals surface area (Å²) >= 11 is 0. The summed E-state index contributed by atoms with van der Waals surface area (Å²) in [7, 11) is -2.80. The van der Waals surface area contributed by atoms with E-state index >= 15 is 0 Å². The Kier molecular flexibility index (Phi) is 6.37. The molecular weight excluding hydrogens is 302 g/mol. The van der Waals surface area contributed by atoms with Crippen molar-refractivity contribution in [3.05, 3.63) is 0 Å². The minimum absolute atomic E-state index is 0.411. The van der Waals surface area contributed by atoms with Gasteiger partial charge in [-0.25, -0.2) is 26.3 Å². The van der Waals surface area contributed by atoms with E-state index in [0.717, 1.165) is 0 Å². The first-order chi connectivity index (χ1) is 9.17. The number of alkyl halides is 6. The van der Waals surface area contributed by atoms with Gasteiger partial charge in [-0.3, -0.25) is 0 Å². The number of hydrogen-bond acceptors (Lipinski definition) is 1. The number of hydrogen-bond donors (Lipinski definition) is 0. The molecule has 0 aromatic rings. The highest BCUT2D eigenvalue weighted by Gasteiger charge is 2.47. The van der Waals surface area contributed by atoms with Crippen LogP contribution in [0.3, 0.4) is 0 Å². The topological polar surface area (TPSA) is 9.23 Å². The summed E-state index contributed by atoms with van der Waals surface area (Å²) in [6.07, 6.45) is -11.0. The van der Waals surface area contributed by atoms with Crippen molar-refractivity contribution in [2.24, 2.45) is 0 Å². The van der Waals surface area contributed by atoms with Crippen LogP contribution in [0.15, 0.2) is 0 Å². The molecule has 5 atom stereocenters. The molecule has 1 saturated heterocycles. The lowest BCUT2D eigenvalue weighted by atomic mass is 10.1. The van der Waals surface area contributed by atoms with Crippen molar-refractivity contribution >= 4 is 8.32 Å². The average Bonchev–Trinajstić information content (AvgIpc) is 2.36. The third kappa shape index (κ3) is 4.38. The number of halogens is 6. The van der Waals surface area contributed by atoms with E-state index in [2.05, 4.69) is 0 Å². The van der Waals surface area contributed by atoms with Gasteiger partial charge in [0.2, 0.25) is 0 Å². The molecule has 1 rings (SSSR count). The standard InChI is InChI=1S/C12H20F6OSi/c1-7(10(14)12(17)18)20(2)5-3-4-8(19-20)6-9(13)11(15)16/h7-12H,3-6H2,1-2H3. The Bertz CT molecular complexity index is 306. The molecule has 1 heterocycles. The molecule has 20 heavy (non-hydrogen) atoms. The Morgan fingerprint density at radius 1 is 1.10 bits per heavy atom. The third-order valence-corrected chi connectivity index (χ3v) is 8.54. The Morgan fingerprint density at radius 2 is 1.70 bits per heavy atom. The van der Waals surface area contributed by atoms with Gasteiger partial charge in [0.05, 0.1) is 0 Å². The van der Waals surface area contributed by atoms with Gasteiger partial charge in [-0.1, -0.05) is 13.3 Å². The molecule has 0 aromatic carbocycles. The molecule has 0 aromatic heterocycles. The Morgan fingerprint density at radius 3 is 2.20 bits per heavy atom. The van der Waals surface area contributed by atoms with Gasteiger partial charge in [-0.2, -0.15) is 0 Å². The fourth-order valence-electron chi connectivity index (χ4n) is 2.59. The van der Waals surface area contributed by atoms with Gasteiger partial charge in [0.1, 0.15) is 0 Å². The molecule has 1 aliphatic heterocycles. The first-order valence-electron chi connectivity index (χ1n) is 6.69. The van der Waals surface area contributed by atoms with E-state index in [-0.39, 0.29) is 0 Å². The first kappa shape index (κ1) is 17.8. The SMILES string of the molecule is CC(C(F)C(F)F)[Si]1(C)CCCC(CC(F)C(F)F)O1. The summed E-state index contributed by atoms with van der Waals surface area (Å²) in [5, 5.41) is 0. The lowest BCUT2D eigenvalue weighted by Crippen LogP contribution is -2.50. The van der Waals surface area contributed by atoms with Crippen molar-refractivity contribution in [2.45, 2.75) is 75.6 Å². The van der Waals surface area contributed by atoms with Crippen LogP contribution in [0.5, 0.6) is 0 Å². The molecule has 0 spiro atoms. The zero-order valence-corrected chi connectivity index (χ0v) is 12.5. The van der Waals surface area contributed by atoms with Crippen LogP contribution in [0, 0.1) is 0 Å². The van der Waals surface area contributed by atoms with E-state index in [4.69, 9.17) is 4.43 Å². The van der Waals surface area contributed by atoms with Crippen molar-refractivity contribution in [1.29, 1.82) is 0 Å². The highest BCUT2D eigenvalue weighted by Crippen LogP contribution is 2.40. The zero-order chi connectivity index (χ0) is 15.5. The van der Waals surface area contributed by atoms with E-state index in [9.17, 15) is 26.3 Å². The second-order valence-electron chi connectivity index (χ2n) is 5.60. The summed E-state index contributed by atoms with van der Waals surface area (Å²) in [5.41, 5.74) is -0.949. The summed E-state index contributed by atoms with van der Waals surface area (Å²) < 4.78 is 81.4. The van der Waals surface area contributed by atoms with Crippen LogP contribution in [0.2, 0.25) is 18.1 Å². The summed E-state index contributed by atoms with van der Waals surface area (Å²) in [6.45, 7) is 2.99. The van der Waals surface area contributed by atoms with Crippen LogP contribution in [0.1, 0.15) is 26.2 Å². The highest BCUT2D eigenvalue weighted by atomic mass is 28.4. The molecular formula is C12H20F6OSi.